The van der Waals surface area contributed by atoms with Crippen LogP contribution in [0.25, 0.3) is 0 Å². The standard InChI is InChI=1S/C9H17N3O2S/c1-4-12(5-6-13-2)9-7(14-3)8(10)11-15-9/h4-6H2,1-3H3,(H2,10,11). The Bertz CT molecular complexity index is 304. The van der Waals surface area contributed by atoms with E-state index in [1.54, 1.807) is 14.2 Å². The lowest BCUT2D eigenvalue weighted by atomic mass is 10.4. The third-order valence-electron chi connectivity index (χ3n) is 2.10. The van der Waals surface area contributed by atoms with Gasteiger partial charge < -0.3 is 20.1 Å². The zero-order chi connectivity index (χ0) is 11.3. The third-order valence-corrected chi connectivity index (χ3v) is 3.00. The van der Waals surface area contributed by atoms with Crippen molar-refractivity contribution >= 4 is 22.4 Å². The number of methoxy groups -OCH3 is 2. The SMILES string of the molecule is CCN(CCOC)c1snc(N)c1OC. The molecule has 0 radical (unpaired) electrons. The summed E-state index contributed by atoms with van der Waals surface area (Å²) in [5, 5.41) is 0.967. The second-order valence-corrected chi connectivity index (χ2v) is 3.73. The van der Waals surface area contributed by atoms with Crippen molar-refractivity contribution in [1.29, 1.82) is 0 Å². The average molecular weight is 231 g/mol. The van der Waals surface area contributed by atoms with E-state index in [-0.39, 0.29) is 0 Å². The maximum Gasteiger partial charge on any atom is 0.197 e. The number of nitrogens with zero attached hydrogens (tertiary/aromatic N) is 2. The molecule has 0 aromatic carbocycles. The Balaban J connectivity index is 2.81. The minimum absolute atomic E-state index is 0.452. The summed E-state index contributed by atoms with van der Waals surface area (Å²) in [4.78, 5) is 2.14. The molecule has 1 aromatic heterocycles. The molecule has 0 amide bonds. The molecule has 86 valence electrons. The minimum Gasteiger partial charge on any atom is -0.490 e. The van der Waals surface area contributed by atoms with Gasteiger partial charge in [-0.2, -0.15) is 4.37 Å². The molecule has 0 atom stereocenters. The van der Waals surface area contributed by atoms with Gasteiger partial charge in [0.05, 0.1) is 13.7 Å². The average Bonchev–Trinajstić information content (AvgIpc) is 2.61. The molecule has 6 heteroatoms. The van der Waals surface area contributed by atoms with Gasteiger partial charge in [-0.3, -0.25) is 0 Å². The molecule has 0 aliphatic rings. The maximum absolute atomic E-state index is 5.69. The first-order valence-corrected chi connectivity index (χ1v) is 5.54. The maximum atomic E-state index is 5.69. The molecular weight excluding hydrogens is 214 g/mol. The lowest BCUT2D eigenvalue weighted by Gasteiger charge is -2.20. The highest BCUT2D eigenvalue weighted by molar-refractivity contribution is 7.11. The van der Waals surface area contributed by atoms with Crippen molar-refractivity contribution in [2.75, 3.05) is 44.5 Å². The number of aromatic nitrogens is 1. The van der Waals surface area contributed by atoms with Gasteiger partial charge >= 0.3 is 0 Å². The monoisotopic (exact) mass is 231 g/mol. The number of hydrogen-bond donors (Lipinski definition) is 1. The fourth-order valence-electron chi connectivity index (χ4n) is 1.28. The summed E-state index contributed by atoms with van der Waals surface area (Å²) >= 11 is 1.35. The van der Waals surface area contributed by atoms with Crippen LogP contribution < -0.4 is 15.4 Å². The second kappa shape index (κ2) is 5.77. The first-order chi connectivity index (χ1) is 7.24. The van der Waals surface area contributed by atoms with Crippen LogP contribution in [0.1, 0.15) is 6.92 Å². The van der Waals surface area contributed by atoms with Crippen molar-refractivity contribution in [1.82, 2.24) is 4.37 Å². The molecule has 0 bridgehead atoms. The quantitative estimate of drug-likeness (QED) is 0.797. The molecule has 1 aromatic rings. The molecule has 0 unspecified atom stereocenters. The molecule has 0 saturated heterocycles. The number of hydrogen-bond acceptors (Lipinski definition) is 6. The van der Waals surface area contributed by atoms with E-state index in [0.717, 1.165) is 18.1 Å². The van der Waals surface area contributed by atoms with E-state index in [4.69, 9.17) is 15.2 Å². The van der Waals surface area contributed by atoms with Gasteiger partial charge in [-0.15, -0.1) is 0 Å². The smallest absolute Gasteiger partial charge is 0.197 e. The van der Waals surface area contributed by atoms with E-state index in [1.807, 2.05) is 0 Å². The van der Waals surface area contributed by atoms with Gasteiger partial charge in [-0.05, 0) is 18.5 Å². The van der Waals surface area contributed by atoms with Crippen molar-refractivity contribution in [3.63, 3.8) is 0 Å². The van der Waals surface area contributed by atoms with Gasteiger partial charge in [0.15, 0.2) is 16.6 Å². The van der Waals surface area contributed by atoms with Crippen molar-refractivity contribution in [2.45, 2.75) is 6.92 Å². The molecule has 1 heterocycles. The van der Waals surface area contributed by atoms with Crippen LogP contribution in [0, 0.1) is 0 Å². The largest absolute Gasteiger partial charge is 0.490 e. The Labute approximate surface area is 93.9 Å². The number of anilines is 2. The molecule has 0 spiro atoms. The summed E-state index contributed by atoms with van der Waals surface area (Å²) in [7, 11) is 3.29. The topological polar surface area (TPSA) is 60.6 Å². The van der Waals surface area contributed by atoms with E-state index in [1.165, 1.54) is 11.5 Å². The van der Waals surface area contributed by atoms with Gasteiger partial charge in [0.1, 0.15) is 0 Å². The van der Waals surface area contributed by atoms with Gasteiger partial charge in [0, 0.05) is 20.2 Å². The van der Waals surface area contributed by atoms with Crippen molar-refractivity contribution in [3.8, 4) is 5.75 Å². The summed E-state index contributed by atoms with van der Waals surface area (Å²) < 4.78 is 14.3. The Morgan fingerprint density at radius 3 is 2.73 bits per heavy atom. The Kier molecular flexibility index (Phi) is 4.64. The second-order valence-electron chi connectivity index (χ2n) is 2.98. The summed E-state index contributed by atoms with van der Waals surface area (Å²) in [5.41, 5.74) is 5.69. The Morgan fingerprint density at radius 2 is 2.20 bits per heavy atom. The molecular formula is C9H17N3O2S. The van der Waals surface area contributed by atoms with Crippen LogP contribution in [-0.2, 0) is 4.74 Å². The highest BCUT2D eigenvalue weighted by Gasteiger charge is 2.16. The fraction of sp³-hybridized carbons (Fsp3) is 0.667. The first kappa shape index (κ1) is 12.1. The lowest BCUT2D eigenvalue weighted by molar-refractivity contribution is 0.205. The summed E-state index contributed by atoms with van der Waals surface area (Å²) in [6, 6.07) is 0. The zero-order valence-electron chi connectivity index (χ0n) is 9.32. The Hall–Kier alpha value is -1.01. The van der Waals surface area contributed by atoms with Crippen LogP contribution in [-0.4, -0.2) is 38.3 Å². The molecule has 15 heavy (non-hydrogen) atoms. The molecule has 0 saturated carbocycles. The summed E-state index contributed by atoms with van der Waals surface area (Å²) in [5.74, 6) is 1.12. The summed E-state index contributed by atoms with van der Waals surface area (Å²) in [6.45, 7) is 4.44. The molecule has 2 N–H and O–H groups in total. The molecule has 0 aliphatic carbocycles. The van der Waals surface area contributed by atoms with Crippen LogP contribution in [0.3, 0.4) is 0 Å². The van der Waals surface area contributed by atoms with E-state index in [2.05, 4.69) is 16.2 Å². The van der Waals surface area contributed by atoms with Crippen LogP contribution >= 0.6 is 11.5 Å². The predicted octanol–water partition coefficient (Wildman–Crippen LogP) is 1.21. The van der Waals surface area contributed by atoms with Crippen LogP contribution in [0.5, 0.6) is 5.75 Å². The molecule has 1 rings (SSSR count). The fourth-order valence-corrected chi connectivity index (χ4v) is 2.16. The normalized spacial score (nSPS) is 10.3. The number of likely N-dealkylation sites (N-methyl/N-ethyl adjacent to an activating group) is 1. The van der Waals surface area contributed by atoms with Crippen molar-refractivity contribution in [2.24, 2.45) is 0 Å². The van der Waals surface area contributed by atoms with E-state index in [9.17, 15) is 0 Å². The van der Waals surface area contributed by atoms with Crippen LogP contribution in [0.2, 0.25) is 0 Å². The van der Waals surface area contributed by atoms with Crippen LogP contribution in [0.15, 0.2) is 0 Å². The highest BCUT2D eigenvalue weighted by atomic mass is 32.1. The van der Waals surface area contributed by atoms with E-state index >= 15 is 0 Å². The minimum atomic E-state index is 0.452. The highest BCUT2D eigenvalue weighted by Crippen LogP contribution is 2.37. The van der Waals surface area contributed by atoms with Gasteiger partial charge in [-0.25, -0.2) is 0 Å². The van der Waals surface area contributed by atoms with Gasteiger partial charge in [-0.1, -0.05) is 0 Å². The van der Waals surface area contributed by atoms with Gasteiger partial charge in [0.25, 0.3) is 0 Å². The van der Waals surface area contributed by atoms with Crippen LogP contribution in [0.4, 0.5) is 10.8 Å². The number of rotatable bonds is 6. The number of nitrogen functional groups attached to an aromatic ring is 1. The Morgan fingerprint density at radius 1 is 1.47 bits per heavy atom. The molecule has 0 fully saturated rings. The van der Waals surface area contributed by atoms with Crippen molar-refractivity contribution in [3.05, 3.63) is 0 Å². The number of nitrogens with two attached hydrogens (primary N) is 1. The third kappa shape index (κ3) is 2.73. The summed E-state index contributed by atoms with van der Waals surface area (Å²) in [6.07, 6.45) is 0. The van der Waals surface area contributed by atoms with Crippen molar-refractivity contribution < 1.29 is 9.47 Å². The predicted molar refractivity (Wildman–Crippen MR) is 62.8 cm³/mol. The molecule has 5 nitrogen and oxygen atoms in total. The molecule has 0 aliphatic heterocycles. The zero-order valence-corrected chi connectivity index (χ0v) is 10.1. The lowest BCUT2D eigenvalue weighted by Crippen LogP contribution is -2.26. The number of ether oxygens (including phenoxy) is 2. The first-order valence-electron chi connectivity index (χ1n) is 4.77. The van der Waals surface area contributed by atoms with E-state index < -0.39 is 0 Å². The van der Waals surface area contributed by atoms with E-state index in [0.29, 0.717) is 18.2 Å². The van der Waals surface area contributed by atoms with Gasteiger partial charge in [0.2, 0.25) is 0 Å².